The van der Waals surface area contributed by atoms with Gasteiger partial charge in [0.1, 0.15) is 5.75 Å². The van der Waals surface area contributed by atoms with Gasteiger partial charge in [0, 0.05) is 10.9 Å². The molecule has 4 heteroatoms. The number of ether oxygens (including phenoxy) is 1. The number of nitrogens with one attached hydrogen (secondary N) is 1. The molecule has 0 amide bonds. The fourth-order valence-electron chi connectivity index (χ4n) is 2.27. The van der Waals surface area contributed by atoms with E-state index in [-0.39, 0.29) is 6.04 Å². The van der Waals surface area contributed by atoms with Crippen LogP contribution in [0, 0.1) is 0 Å². The fraction of sp³-hybridized carbons (Fsp3) is 0.294. The van der Waals surface area contributed by atoms with Crippen molar-refractivity contribution < 1.29 is 4.74 Å². The summed E-state index contributed by atoms with van der Waals surface area (Å²) in [6.45, 7) is 2.16. The minimum absolute atomic E-state index is 0.0952. The average Bonchev–Trinajstić information content (AvgIpc) is 2.54. The second-order valence-corrected chi connectivity index (χ2v) is 6.11. The van der Waals surface area contributed by atoms with Crippen LogP contribution >= 0.6 is 11.8 Å². The van der Waals surface area contributed by atoms with Crippen LogP contribution in [0.4, 0.5) is 0 Å². The normalized spacial score (nSPS) is 12.1. The molecule has 0 radical (unpaired) electrons. The summed E-state index contributed by atoms with van der Waals surface area (Å²) in [4.78, 5) is 1.29. The van der Waals surface area contributed by atoms with Gasteiger partial charge in [-0.15, -0.1) is 11.8 Å². The largest absolute Gasteiger partial charge is 0.497 e. The van der Waals surface area contributed by atoms with Crippen LogP contribution < -0.4 is 16.0 Å². The van der Waals surface area contributed by atoms with Crippen LogP contribution in [-0.2, 0) is 6.42 Å². The minimum atomic E-state index is 0.0952. The van der Waals surface area contributed by atoms with Crippen LogP contribution in [0.3, 0.4) is 0 Å². The fourth-order valence-corrected chi connectivity index (χ4v) is 2.93. The molecule has 2 rings (SSSR count). The van der Waals surface area contributed by atoms with Crippen molar-refractivity contribution in [3.8, 4) is 5.75 Å². The highest BCUT2D eigenvalue weighted by atomic mass is 32.2. The van der Waals surface area contributed by atoms with Crippen molar-refractivity contribution in [1.82, 2.24) is 5.43 Å². The Hall–Kier alpha value is -1.49. The van der Waals surface area contributed by atoms with Crippen LogP contribution in [0.5, 0.6) is 5.75 Å². The van der Waals surface area contributed by atoms with Crippen LogP contribution in [0.1, 0.15) is 24.1 Å². The highest BCUT2D eigenvalue weighted by molar-refractivity contribution is 7.99. The molecule has 0 heterocycles. The smallest absolute Gasteiger partial charge is 0.119 e. The number of benzene rings is 2. The second kappa shape index (κ2) is 8.08. The molecule has 0 fully saturated rings. The zero-order valence-corrected chi connectivity index (χ0v) is 13.3. The SMILES string of the molecule is CCSc1ccc(C(Cc2cccc(OC)c2)NN)cc1. The van der Waals surface area contributed by atoms with Crippen LogP contribution in [0.15, 0.2) is 53.4 Å². The standard InChI is InChI=1S/C17H22N2OS/c1-3-21-16-9-7-14(8-10-16)17(19-18)12-13-5-4-6-15(11-13)20-2/h4-11,17,19H,3,12,18H2,1-2H3. The molecule has 1 unspecified atom stereocenters. The minimum Gasteiger partial charge on any atom is -0.497 e. The maximum atomic E-state index is 5.73. The van der Waals surface area contributed by atoms with E-state index in [4.69, 9.17) is 10.6 Å². The molecule has 21 heavy (non-hydrogen) atoms. The van der Waals surface area contributed by atoms with Gasteiger partial charge < -0.3 is 4.74 Å². The Morgan fingerprint density at radius 3 is 2.57 bits per heavy atom. The van der Waals surface area contributed by atoms with Crippen molar-refractivity contribution in [3.05, 3.63) is 59.7 Å². The van der Waals surface area contributed by atoms with E-state index >= 15 is 0 Å². The van der Waals surface area contributed by atoms with Gasteiger partial charge in [-0.2, -0.15) is 0 Å². The maximum absolute atomic E-state index is 5.73. The van der Waals surface area contributed by atoms with Gasteiger partial charge in [-0.1, -0.05) is 31.2 Å². The summed E-state index contributed by atoms with van der Waals surface area (Å²) < 4.78 is 5.26. The zero-order valence-electron chi connectivity index (χ0n) is 12.5. The molecule has 0 aliphatic rings. The quantitative estimate of drug-likeness (QED) is 0.466. The lowest BCUT2D eigenvalue weighted by atomic mass is 9.99. The molecule has 0 saturated carbocycles. The maximum Gasteiger partial charge on any atom is 0.119 e. The van der Waals surface area contributed by atoms with Crippen molar-refractivity contribution in [1.29, 1.82) is 0 Å². The Bertz CT molecular complexity index is 557. The molecule has 0 bridgehead atoms. The van der Waals surface area contributed by atoms with E-state index in [2.05, 4.69) is 42.7 Å². The first-order valence-corrected chi connectivity index (χ1v) is 8.07. The number of hydrogen-bond acceptors (Lipinski definition) is 4. The van der Waals surface area contributed by atoms with E-state index in [1.165, 1.54) is 16.0 Å². The molecule has 3 N–H and O–H groups in total. The van der Waals surface area contributed by atoms with Gasteiger partial charge in [0.2, 0.25) is 0 Å². The van der Waals surface area contributed by atoms with Gasteiger partial charge in [-0.25, -0.2) is 0 Å². The third kappa shape index (κ3) is 4.49. The van der Waals surface area contributed by atoms with E-state index in [1.807, 2.05) is 30.0 Å². The van der Waals surface area contributed by atoms with Gasteiger partial charge in [-0.05, 0) is 47.6 Å². The summed E-state index contributed by atoms with van der Waals surface area (Å²) in [5, 5.41) is 0. The van der Waals surface area contributed by atoms with Crippen molar-refractivity contribution in [2.75, 3.05) is 12.9 Å². The Labute approximate surface area is 130 Å². The second-order valence-electron chi connectivity index (χ2n) is 4.78. The molecule has 0 aliphatic carbocycles. The predicted molar refractivity (Wildman–Crippen MR) is 89.6 cm³/mol. The molecule has 0 aliphatic heterocycles. The molecule has 0 aromatic heterocycles. The summed E-state index contributed by atoms with van der Waals surface area (Å²) >= 11 is 1.84. The Balaban J connectivity index is 2.11. The van der Waals surface area contributed by atoms with Gasteiger partial charge in [-0.3, -0.25) is 11.3 Å². The van der Waals surface area contributed by atoms with Crippen LogP contribution in [0.2, 0.25) is 0 Å². The Morgan fingerprint density at radius 1 is 1.19 bits per heavy atom. The number of hydrazine groups is 1. The lowest BCUT2D eigenvalue weighted by Crippen LogP contribution is -2.29. The topological polar surface area (TPSA) is 47.3 Å². The Morgan fingerprint density at radius 2 is 1.95 bits per heavy atom. The van der Waals surface area contributed by atoms with Gasteiger partial charge in [0.25, 0.3) is 0 Å². The summed E-state index contributed by atoms with van der Waals surface area (Å²) in [6, 6.07) is 16.8. The molecule has 112 valence electrons. The van der Waals surface area contributed by atoms with Crippen LogP contribution in [0.25, 0.3) is 0 Å². The van der Waals surface area contributed by atoms with E-state index in [9.17, 15) is 0 Å². The third-order valence-corrected chi connectivity index (χ3v) is 4.26. The van der Waals surface area contributed by atoms with E-state index in [1.54, 1.807) is 7.11 Å². The van der Waals surface area contributed by atoms with E-state index < -0.39 is 0 Å². The number of nitrogens with two attached hydrogens (primary N) is 1. The summed E-state index contributed by atoms with van der Waals surface area (Å²) in [6.07, 6.45) is 0.827. The molecule has 0 saturated heterocycles. The van der Waals surface area contributed by atoms with Gasteiger partial charge >= 0.3 is 0 Å². The number of rotatable bonds is 7. The molecular weight excluding hydrogens is 280 g/mol. The monoisotopic (exact) mass is 302 g/mol. The van der Waals surface area contributed by atoms with Crippen molar-refractivity contribution in [2.45, 2.75) is 24.3 Å². The Kier molecular flexibility index (Phi) is 6.11. The predicted octanol–water partition coefficient (Wildman–Crippen LogP) is 3.55. The highest BCUT2D eigenvalue weighted by Crippen LogP contribution is 2.24. The molecular formula is C17H22N2OS. The molecule has 2 aromatic carbocycles. The lowest BCUT2D eigenvalue weighted by molar-refractivity contribution is 0.414. The van der Waals surface area contributed by atoms with Crippen LogP contribution in [-0.4, -0.2) is 12.9 Å². The summed E-state index contributed by atoms with van der Waals surface area (Å²) in [5.74, 6) is 7.69. The molecule has 3 nitrogen and oxygen atoms in total. The first-order chi connectivity index (χ1) is 10.3. The molecule has 1 atom stereocenters. The van der Waals surface area contributed by atoms with Gasteiger partial charge in [0.05, 0.1) is 7.11 Å². The third-order valence-electron chi connectivity index (χ3n) is 3.37. The first kappa shape index (κ1) is 15.9. The number of hydrogen-bond donors (Lipinski definition) is 2. The van der Waals surface area contributed by atoms with E-state index in [0.29, 0.717) is 0 Å². The number of methoxy groups -OCH3 is 1. The van der Waals surface area contributed by atoms with Crippen molar-refractivity contribution in [3.63, 3.8) is 0 Å². The lowest BCUT2D eigenvalue weighted by Gasteiger charge is -2.17. The summed E-state index contributed by atoms with van der Waals surface area (Å²) in [5.41, 5.74) is 5.30. The van der Waals surface area contributed by atoms with E-state index in [0.717, 1.165) is 17.9 Å². The number of thioether (sulfide) groups is 1. The highest BCUT2D eigenvalue weighted by Gasteiger charge is 2.11. The molecule has 2 aromatic rings. The van der Waals surface area contributed by atoms with Gasteiger partial charge in [0.15, 0.2) is 0 Å². The average molecular weight is 302 g/mol. The van der Waals surface area contributed by atoms with Crippen molar-refractivity contribution in [2.24, 2.45) is 5.84 Å². The molecule has 0 spiro atoms. The zero-order chi connectivity index (χ0) is 15.1. The van der Waals surface area contributed by atoms with Crippen molar-refractivity contribution >= 4 is 11.8 Å². The first-order valence-electron chi connectivity index (χ1n) is 7.08. The summed E-state index contributed by atoms with van der Waals surface area (Å²) in [7, 11) is 1.68.